The van der Waals surface area contributed by atoms with Crippen LogP contribution in [0.4, 0.5) is 0 Å². The molecular weight excluding hydrogens is 456 g/mol. The van der Waals surface area contributed by atoms with E-state index in [1.165, 1.54) is 27.6 Å². The number of aromatic nitrogens is 1. The van der Waals surface area contributed by atoms with E-state index in [1.807, 2.05) is 0 Å². The Morgan fingerprint density at radius 1 is 0.962 bits per heavy atom. The Bertz CT molecular complexity index is 962. The van der Waals surface area contributed by atoms with Gasteiger partial charge < -0.3 is 24.8 Å². The van der Waals surface area contributed by atoms with Crippen LogP contribution in [0.2, 0.25) is 13.1 Å². The molecule has 0 radical (unpaired) electrons. The number of hydrogen-bond acceptors (Lipinski definition) is 0. The van der Waals surface area contributed by atoms with Gasteiger partial charge in [-0.2, -0.15) is 0 Å². The third-order valence-electron chi connectivity index (χ3n) is 5.20. The van der Waals surface area contributed by atoms with E-state index in [2.05, 4.69) is 80.5 Å². The van der Waals surface area contributed by atoms with Crippen molar-refractivity contribution in [3.05, 3.63) is 69.9 Å². The predicted octanol–water partition coefficient (Wildman–Crippen LogP) is -1.34. The number of halogens is 2. The summed E-state index contributed by atoms with van der Waals surface area (Å²) in [5.41, 5.74) is 7.29. The van der Waals surface area contributed by atoms with Crippen LogP contribution in [0.1, 0.15) is 25.9 Å². The average molecular weight is 480 g/mol. The summed E-state index contributed by atoms with van der Waals surface area (Å²) < 4.78 is 2.30. The van der Waals surface area contributed by atoms with E-state index in [9.17, 15) is 0 Å². The van der Waals surface area contributed by atoms with Crippen molar-refractivity contribution in [3.63, 3.8) is 0 Å². The van der Waals surface area contributed by atoms with Gasteiger partial charge in [-0.25, -0.2) is 0 Å². The Morgan fingerprint density at radius 3 is 2.38 bits per heavy atom. The minimum Gasteiger partial charge on any atom is -1.00 e. The monoisotopic (exact) mass is 477 g/mol. The molecule has 5 heteroatoms. The Kier molecular flexibility index (Phi) is 7.18. The third-order valence-corrected chi connectivity index (χ3v) is 12.1. The number of aromatic amines is 1. The van der Waals surface area contributed by atoms with E-state index in [0.29, 0.717) is 0 Å². The summed E-state index contributed by atoms with van der Waals surface area (Å²) in [5.74, 6) is 0. The van der Waals surface area contributed by atoms with Crippen molar-refractivity contribution in [2.45, 2.75) is 30.6 Å². The number of aryl methyl sites for hydroxylation is 2. The van der Waals surface area contributed by atoms with Gasteiger partial charge in [0.15, 0.2) is 0 Å². The van der Waals surface area contributed by atoms with Crippen molar-refractivity contribution >= 4 is 29.2 Å². The smallest absolute Gasteiger partial charge is 1.00 e. The van der Waals surface area contributed by atoms with Gasteiger partial charge in [0.25, 0.3) is 0 Å². The molecule has 0 bridgehead atoms. The van der Waals surface area contributed by atoms with Crippen molar-refractivity contribution in [1.29, 1.82) is 0 Å². The van der Waals surface area contributed by atoms with E-state index >= 15 is 0 Å². The molecule has 3 aromatic rings. The second kappa shape index (κ2) is 8.61. The molecule has 0 fully saturated rings. The van der Waals surface area contributed by atoms with Gasteiger partial charge in [-0.3, -0.25) is 0 Å². The molecule has 1 aromatic heterocycles. The van der Waals surface area contributed by atoms with E-state index in [1.54, 1.807) is 14.2 Å². The van der Waals surface area contributed by atoms with Crippen molar-refractivity contribution in [1.82, 2.24) is 4.98 Å². The first-order chi connectivity index (χ1) is 11.6. The second-order valence-corrected chi connectivity index (χ2v) is 13.5. The first-order valence-electron chi connectivity index (χ1n) is 8.71. The van der Waals surface area contributed by atoms with Crippen LogP contribution in [0.15, 0.2) is 47.7 Å². The zero-order valence-electron chi connectivity index (χ0n) is 15.5. The number of benzene rings is 2. The fourth-order valence-corrected chi connectivity index (χ4v) is 11.9. The van der Waals surface area contributed by atoms with Crippen LogP contribution in [-0.2, 0) is 23.2 Å². The summed E-state index contributed by atoms with van der Waals surface area (Å²) in [6, 6.07) is 15.7. The Labute approximate surface area is 181 Å². The summed E-state index contributed by atoms with van der Waals surface area (Å²) in [7, 11) is -0.780. The number of rotatable bonds is 3. The SMILES string of the molecule is Cc1cccc2[nH][c]([Zr+2][CH]3C([SiH](C)C)=Cc4ccccc43)c(C)c12.[Cl-].[Cl-]. The standard InChI is InChI=1S/C11H13Si.C10H10N.2ClH.Zr/c1-12(2)11-7-9-5-3-4-6-10(9)8-11;1-7-4-3-5-9-10(7)8(2)6-11-9;;;/h3-8,12H,1-2H3;3-5,11H,1-2H3;2*1H;/q;;;;+2/p-2. The van der Waals surface area contributed by atoms with Crippen LogP contribution in [0, 0.1) is 13.8 Å². The van der Waals surface area contributed by atoms with Gasteiger partial charge in [0, 0.05) is 0 Å². The molecule has 1 nitrogen and oxygen atoms in total. The van der Waals surface area contributed by atoms with Crippen molar-refractivity contribution in [3.8, 4) is 0 Å². The molecule has 0 spiro atoms. The van der Waals surface area contributed by atoms with Crippen LogP contribution < -0.4 is 28.2 Å². The number of nitrogens with one attached hydrogen (secondary N) is 1. The summed E-state index contributed by atoms with van der Waals surface area (Å²) in [6.07, 6.45) is 2.51. The molecule has 0 saturated heterocycles. The largest absolute Gasteiger partial charge is 1.00 e. The van der Waals surface area contributed by atoms with Crippen LogP contribution >= 0.6 is 0 Å². The molecule has 1 unspecified atom stereocenters. The summed E-state index contributed by atoms with van der Waals surface area (Å²) >= 11 is -0.767. The van der Waals surface area contributed by atoms with E-state index in [4.69, 9.17) is 0 Å². The zero-order valence-corrected chi connectivity index (χ0v) is 20.7. The van der Waals surface area contributed by atoms with Crippen molar-refractivity contribution in [2.24, 2.45) is 0 Å². The molecule has 0 aliphatic heterocycles. The van der Waals surface area contributed by atoms with Gasteiger partial charge in [-0.05, 0) is 0 Å². The average Bonchev–Trinajstić information content (AvgIpc) is 3.08. The molecule has 1 aliphatic rings. The van der Waals surface area contributed by atoms with Crippen LogP contribution in [0.3, 0.4) is 0 Å². The molecule has 1 aliphatic carbocycles. The molecule has 0 saturated carbocycles. The maximum absolute atomic E-state index is 3.79. The Morgan fingerprint density at radius 2 is 1.69 bits per heavy atom. The molecule has 0 amide bonds. The minimum absolute atomic E-state index is 0. The summed E-state index contributed by atoms with van der Waals surface area (Å²) in [6.45, 7) is 9.51. The number of H-pyrrole nitrogens is 1. The number of allylic oxidation sites excluding steroid dienone is 1. The number of fused-ring (bicyclic) bond motifs is 2. The van der Waals surface area contributed by atoms with Gasteiger partial charge in [0.1, 0.15) is 0 Å². The molecule has 1 heterocycles. The zero-order chi connectivity index (χ0) is 16.8. The molecule has 2 aromatic carbocycles. The molecule has 1 atom stereocenters. The maximum Gasteiger partial charge on any atom is -1.00 e. The summed E-state index contributed by atoms with van der Waals surface area (Å²) in [5, 5.41) is 3.23. The first kappa shape index (κ1) is 21.7. The molecule has 134 valence electrons. The van der Waals surface area contributed by atoms with Gasteiger partial charge >= 0.3 is 158 Å². The van der Waals surface area contributed by atoms with Crippen LogP contribution in [0.5, 0.6) is 0 Å². The minimum atomic E-state index is -0.780. The first-order valence-corrected chi connectivity index (χ1v) is 14.2. The van der Waals surface area contributed by atoms with E-state index in [-0.39, 0.29) is 24.8 Å². The van der Waals surface area contributed by atoms with E-state index in [0.717, 1.165) is 3.63 Å². The Balaban J connectivity index is 0.00000121. The van der Waals surface area contributed by atoms with Gasteiger partial charge in [0.05, 0.1) is 0 Å². The Hall–Kier alpha value is -0.600. The summed E-state index contributed by atoms with van der Waals surface area (Å²) in [4.78, 5) is 3.79. The molecule has 26 heavy (non-hydrogen) atoms. The molecular formula is C21H23Cl2NSiZr. The van der Waals surface area contributed by atoms with Crippen molar-refractivity contribution in [2.75, 3.05) is 0 Å². The predicted molar refractivity (Wildman–Crippen MR) is 103 cm³/mol. The fourth-order valence-electron chi connectivity index (χ4n) is 3.92. The van der Waals surface area contributed by atoms with E-state index < -0.39 is 32.0 Å². The van der Waals surface area contributed by atoms with Crippen LogP contribution in [0.25, 0.3) is 17.0 Å². The van der Waals surface area contributed by atoms with Crippen LogP contribution in [-0.4, -0.2) is 13.8 Å². The normalized spacial score (nSPS) is 15.1. The topological polar surface area (TPSA) is 15.8 Å². The fraction of sp³-hybridized carbons (Fsp3) is 0.238. The molecule has 1 N–H and O–H groups in total. The van der Waals surface area contributed by atoms with Gasteiger partial charge in [-0.15, -0.1) is 0 Å². The second-order valence-electron chi connectivity index (χ2n) is 7.13. The molecule has 4 rings (SSSR count). The maximum atomic E-state index is 3.79. The van der Waals surface area contributed by atoms with Crippen molar-refractivity contribution < 1.29 is 48.0 Å². The number of hydrogen-bond donors (Lipinski definition) is 1. The van der Waals surface area contributed by atoms with Gasteiger partial charge in [-0.1, -0.05) is 0 Å². The third kappa shape index (κ3) is 3.69. The van der Waals surface area contributed by atoms with Gasteiger partial charge in [0.2, 0.25) is 0 Å². The quantitative estimate of drug-likeness (QED) is 0.448.